The van der Waals surface area contributed by atoms with Crippen molar-refractivity contribution in [1.82, 2.24) is 19.9 Å². The average molecular weight is 339 g/mol. The number of carbonyl (C=O) groups excluding carboxylic acids is 1. The average Bonchev–Trinajstić information content (AvgIpc) is 2.60. The molecule has 3 rings (SSSR count). The smallest absolute Gasteiger partial charge is 0.222 e. The molecule has 6 nitrogen and oxygen atoms in total. The number of piperidine rings is 1. The van der Waals surface area contributed by atoms with Crippen molar-refractivity contribution in [1.29, 1.82) is 0 Å². The van der Waals surface area contributed by atoms with Crippen LogP contribution < -0.4 is 5.32 Å². The summed E-state index contributed by atoms with van der Waals surface area (Å²) in [6.07, 6.45) is 3.65. The molecule has 1 fully saturated rings. The van der Waals surface area contributed by atoms with Crippen LogP contribution >= 0.6 is 0 Å². The number of amides is 1. The van der Waals surface area contributed by atoms with E-state index in [-0.39, 0.29) is 11.9 Å². The van der Waals surface area contributed by atoms with Gasteiger partial charge in [0, 0.05) is 24.7 Å². The van der Waals surface area contributed by atoms with E-state index in [0.717, 1.165) is 48.8 Å². The van der Waals surface area contributed by atoms with E-state index >= 15 is 0 Å². The van der Waals surface area contributed by atoms with E-state index in [4.69, 9.17) is 0 Å². The van der Waals surface area contributed by atoms with Crippen LogP contribution in [0.2, 0.25) is 0 Å². The lowest BCUT2D eigenvalue weighted by Crippen LogP contribution is -2.38. The van der Waals surface area contributed by atoms with Crippen LogP contribution in [0.1, 0.15) is 55.9 Å². The summed E-state index contributed by atoms with van der Waals surface area (Å²) in [5.74, 6) is 2.36. The van der Waals surface area contributed by atoms with Gasteiger partial charge in [0.2, 0.25) is 5.91 Å². The van der Waals surface area contributed by atoms with E-state index < -0.39 is 0 Å². The van der Waals surface area contributed by atoms with Crippen molar-refractivity contribution in [2.45, 2.75) is 52.5 Å². The van der Waals surface area contributed by atoms with Crippen molar-refractivity contribution in [2.75, 3.05) is 11.9 Å². The lowest BCUT2D eigenvalue weighted by Gasteiger charge is -2.35. The quantitative estimate of drug-likeness (QED) is 0.920. The Morgan fingerprint density at radius 1 is 1.20 bits per heavy atom. The SMILES string of the molecule is CCC(=O)N1CCCCC1c1cc(Nc2cccc(C)n2)nc(C)n1. The van der Waals surface area contributed by atoms with Crippen LogP contribution in [0.25, 0.3) is 0 Å². The topological polar surface area (TPSA) is 71.0 Å². The maximum atomic E-state index is 12.3. The van der Waals surface area contributed by atoms with Crippen LogP contribution in [-0.2, 0) is 4.79 Å². The summed E-state index contributed by atoms with van der Waals surface area (Å²) in [6, 6.07) is 7.81. The molecule has 2 aromatic rings. The van der Waals surface area contributed by atoms with Crippen LogP contribution in [0.15, 0.2) is 24.3 Å². The number of pyridine rings is 1. The monoisotopic (exact) mass is 339 g/mol. The summed E-state index contributed by atoms with van der Waals surface area (Å²) < 4.78 is 0. The van der Waals surface area contributed by atoms with Crippen molar-refractivity contribution in [2.24, 2.45) is 0 Å². The predicted octanol–water partition coefficient (Wildman–Crippen LogP) is 3.70. The van der Waals surface area contributed by atoms with E-state index in [1.807, 2.05) is 49.9 Å². The van der Waals surface area contributed by atoms with Crippen molar-refractivity contribution in [3.05, 3.63) is 41.5 Å². The lowest BCUT2D eigenvalue weighted by molar-refractivity contribution is -0.134. The summed E-state index contributed by atoms with van der Waals surface area (Å²) in [6.45, 7) is 6.56. The maximum Gasteiger partial charge on any atom is 0.222 e. The molecule has 6 heteroatoms. The summed E-state index contributed by atoms with van der Waals surface area (Å²) in [5, 5.41) is 3.26. The Kier molecular flexibility index (Phi) is 5.26. The van der Waals surface area contributed by atoms with Gasteiger partial charge in [0.1, 0.15) is 17.5 Å². The Hall–Kier alpha value is -2.50. The van der Waals surface area contributed by atoms with Gasteiger partial charge >= 0.3 is 0 Å². The number of anilines is 2. The van der Waals surface area contributed by atoms with Crippen LogP contribution in [0, 0.1) is 13.8 Å². The van der Waals surface area contributed by atoms with Gasteiger partial charge < -0.3 is 10.2 Å². The highest BCUT2D eigenvalue weighted by Crippen LogP contribution is 2.31. The van der Waals surface area contributed by atoms with E-state index in [2.05, 4.69) is 20.3 Å². The zero-order valence-corrected chi connectivity index (χ0v) is 15.1. The Morgan fingerprint density at radius 3 is 2.80 bits per heavy atom. The molecule has 1 saturated heterocycles. The van der Waals surface area contributed by atoms with Gasteiger partial charge in [-0.1, -0.05) is 13.0 Å². The van der Waals surface area contributed by atoms with Gasteiger partial charge in [0.15, 0.2) is 0 Å². The fourth-order valence-corrected chi connectivity index (χ4v) is 3.31. The molecule has 0 bridgehead atoms. The molecule has 2 aromatic heterocycles. The number of likely N-dealkylation sites (tertiary alicyclic amines) is 1. The molecule has 3 heterocycles. The number of aryl methyl sites for hydroxylation is 2. The highest BCUT2D eigenvalue weighted by molar-refractivity contribution is 5.76. The highest BCUT2D eigenvalue weighted by Gasteiger charge is 2.28. The van der Waals surface area contributed by atoms with Gasteiger partial charge in [-0.25, -0.2) is 15.0 Å². The van der Waals surface area contributed by atoms with Crippen molar-refractivity contribution in [3.63, 3.8) is 0 Å². The van der Waals surface area contributed by atoms with Crippen LogP contribution in [0.4, 0.5) is 11.6 Å². The minimum Gasteiger partial charge on any atom is -0.334 e. The molecule has 0 aromatic carbocycles. The third-order valence-electron chi connectivity index (χ3n) is 4.47. The minimum atomic E-state index is 0.0360. The molecule has 1 atom stereocenters. The summed E-state index contributed by atoms with van der Waals surface area (Å²) >= 11 is 0. The van der Waals surface area contributed by atoms with Crippen LogP contribution in [-0.4, -0.2) is 32.3 Å². The van der Waals surface area contributed by atoms with Gasteiger partial charge in [-0.3, -0.25) is 4.79 Å². The van der Waals surface area contributed by atoms with Gasteiger partial charge in [-0.15, -0.1) is 0 Å². The number of rotatable bonds is 4. The summed E-state index contributed by atoms with van der Waals surface area (Å²) in [7, 11) is 0. The third-order valence-corrected chi connectivity index (χ3v) is 4.47. The largest absolute Gasteiger partial charge is 0.334 e. The fourth-order valence-electron chi connectivity index (χ4n) is 3.31. The number of carbonyl (C=O) groups is 1. The first-order valence-corrected chi connectivity index (χ1v) is 8.92. The van der Waals surface area contributed by atoms with E-state index in [1.165, 1.54) is 0 Å². The second-order valence-corrected chi connectivity index (χ2v) is 6.47. The van der Waals surface area contributed by atoms with Gasteiger partial charge in [0.05, 0.1) is 11.7 Å². The molecule has 25 heavy (non-hydrogen) atoms. The molecule has 0 radical (unpaired) electrons. The van der Waals surface area contributed by atoms with Crippen molar-refractivity contribution >= 4 is 17.5 Å². The van der Waals surface area contributed by atoms with Crippen molar-refractivity contribution < 1.29 is 4.79 Å². The first-order valence-electron chi connectivity index (χ1n) is 8.92. The standard InChI is InChI=1S/C19H25N5O/c1-4-19(25)24-11-6-5-9-16(24)15-12-18(22-14(3)21-15)23-17-10-7-8-13(2)20-17/h7-8,10,12,16H,4-6,9,11H2,1-3H3,(H,20,21,22,23). The highest BCUT2D eigenvalue weighted by atomic mass is 16.2. The number of aromatic nitrogens is 3. The number of hydrogen-bond donors (Lipinski definition) is 1. The molecular weight excluding hydrogens is 314 g/mol. The van der Waals surface area contributed by atoms with Gasteiger partial charge in [-0.2, -0.15) is 0 Å². The predicted molar refractivity (Wildman–Crippen MR) is 97.6 cm³/mol. The zero-order chi connectivity index (χ0) is 17.8. The number of nitrogens with one attached hydrogen (secondary N) is 1. The summed E-state index contributed by atoms with van der Waals surface area (Å²) in [4.78, 5) is 27.8. The maximum absolute atomic E-state index is 12.3. The molecule has 1 unspecified atom stereocenters. The molecule has 0 saturated carbocycles. The van der Waals surface area contributed by atoms with Crippen molar-refractivity contribution in [3.8, 4) is 0 Å². The molecule has 132 valence electrons. The number of nitrogens with zero attached hydrogens (tertiary/aromatic N) is 4. The number of hydrogen-bond acceptors (Lipinski definition) is 5. The Morgan fingerprint density at radius 2 is 2.04 bits per heavy atom. The molecule has 0 spiro atoms. The lowest BCUT2D eigenvalue weighted by atomic mass is 9.98. The molecule has 1 amide bonds. The Bertz CT molecular complexity index is 761. The van der Waals surface area contributed by atoms with E-state index in [0.29, 0.717) is 12.2 Å². The van der Waals surface area contributed by atoms with E-state index in [1.54, 1.807) is 0 Å². The van der Waals surface area contributed by atoms with Gasteiger partial charge in [-0.05, 0) is 45.2 Å². The second-order valence-electron chi connectivity index (χ2n) is 6.47. The first kappa shape index (κ1) is 17.3. The molecule has 1 N–H and O–H groups in total. The Balaban J connectivity index is 1.88. The van der Waals surface area contributed by atoms with Crippen LogP contribution in [0.3, 0.4) is 0 Å². The second kappa shape index (κ2) is 7.59. The Labute approximate surface area is 148 Å². The molecule has 0 aliphatic carbocycles. The van der Waals surface area contributed by atoms with Gasteiger partial charge in [0.25, 0.3) is 0 Å². The summed E-state index contributed by atoms with van der Waals surface area (Å²) in [5.41, 5.74) is 1.85. The third kappa shape index (κ3) is 4.13. The minimum absolute atomic E-state index is 0.0360. The molecule has 1 aliphatic heterocycles. The molecular formula is C19H25N5O. The normalized spacial score (nSPS) is 17.4. The van der Waals surface area contributed by atoms with E-state index in [9.17, 15) is 4.79 Å². The molecule has 1 aliphatic rings. The van der Waals surface area contributed by atoms with Crippen LogP contribution in [0.5, 0.6) is 0 Å². The first-order chi connectivity index (χ1) is 12.1. The zero-order valence-electron chi connectivity index (χ0n) is 15.1. The fraction of sp³-hybridized carbons (Fsp3) is 0.474.